The topological polar surface area (TPSA) is 93.7 Å². The van der Waals surface area contributed by atoms with Crippen molar-refractivity contribution >= 4 is 29.0 Å². The highest BCUT2D eigenvalue weighted by Gasteiger charge is 2.26. The van der Waals surface area contributed by atoms with Gasteiger partial charge in [-0.2, -0.15) is 0 Å². The van der Waals surface area contributed by atoms with Crippen molar-refractivity contribution in [1.29, 1.82) is 0 Å². The number of amides is 2. The standard InChI is InChI=1S/C20H24N4O4S/c1-13-19(29-23-22-13)20(26)24-8-6-14(7-9-24)2-5-18(25)21-15-3-4-16-17(12-15)28-11-10-27-16/h3-4,12,14H,2,5-11H2,1H3,(H,21,25). The minimum Gasteiger partial charge on any atom is -0.486 e. The summed E-state index contributed by atoms with van der Waals surface area (Å²) in [6, 6.07) is 5.44. The number of hydrogen-bond acceptors (Lipinski definition) is 7. The van der Waals surface area contributed by atoms with Crippen LogP contribution in [-0.4, -0.2) is 52.6 Å². The number of benzene rings is 1. The molecule has 0 atom stereocenters. The van der Waals surface area contributed by atoms with E-state index in [1.807, 2.05) is 24.0 Å². The lowest BCUT2D eigenvalue weighted by Gasteiger charge is -2.31. The Balaban J connectivity index is 1.22. The van der Waals surface area contributed by atoms with Crippen LogP contribution in [0.5, 0.6) is 11.5 Å². The predicted molar refractivity (Wildman–Crippen MR) is 109 cm³/mol. The maximum absolute atomic E-state index is 12.5. The predicted octanol–water partition coefficient (Wildman–Crippen LogP) is 2.89. The molecule has 0 unspecified atom stereocenters. The van der Waals surface area contributed by atoms with Crippen LogP contribution in [-0.2, 0) is 4.79 Å². The van der Waals surface area contributed by atoms with Crippen LogP contribution in [0.1, 0.15) is 41.0 Å². The molecule has 4 rings (SSSR count). The lowest BCUT2D eigenvalue weighted by Crippen LogP contribution is -2.38. The van der Waals surface area contributed by atoms with Crippen molar-refractivity contribution in [3.8, 4) is 11.5 Å². The van der Waals surface area contributed by atoms with E-state index in [9.17, 15) is 9.59 Å². The number of carbonyl (C=O) groups is 2. The highest BCUT2D eigenvalue weighted by atomic mass is 32.1. The van der Waals surface area contributed by atoms with Crippen molar-refractivity contribution in [3.63, 3.8) is 0 Å². The maximum atomic E-state index is 12.5. The zero-order valence-electron chi connectivity index (χ0n) is 16.3. The number of hydrogen-bond donors (Lipinski definition) is 1. The molecule has 0 spiro atoms. The van der Waals surface area contributed by atoms with Crippen LogP contribution in [0.25, 0.3) is 0 Å². The third-order valence-corrected chi connectivity index (χ3v) is 6.17. The smallest absolute Gasteiger partial charge is 0.267 e. The summed E-state index contributed by atoms with van der Waals surface area (Å²) in [4.78, 5) is 27.4. The number of carbonyl (C=O) groups excluding carboxylic acids is 2. The van der Waals surface area contributed by atoms with E-state index in [0.29, 0.717) is 66.4 Å². The van der Waals surface area contributed by atoms with Crippen LogP contribution in [0, 0.1) is 12.8 Å². The molecule has 29 heavy (non-hydrogen) atoms. The zero-order valence-corrected chi connectivity index (χ0v) is 17.2. The van der Waals surface area contributed by atoms with Crippen molar-refractivity contribution < 1.29 is 19.1 Å². The highest BCUT2D eigenvalue weighted by molar-refractivity contribution is 7.07. The molecule has 0 radical (unpaired) electrons. The largest absolute Gasteiger partial charge is 0.486 e. The van der Waals surface area contributed by atoms with Gasteiger partial charge < -0.3 is 19.7 Å². The summed E-state index contributed by atoms with van der Waals surface area (Å²) in [5.41, 5.74) is 1.41. The SMILES string of the molecule is Cc1nnsc1C(=O)N1CCC(CCC(=O)Nc2ccc3c(c2)OCCO3)CC1. The molecule has 0 saturated carbocycles. The molecule has 2 aromatic rings. The average molecular weight is 417 g/mol. The van der Waals surface area contributed by atoms with Gasteiger partial charge in [-0.3, -0.25) is 9.59 Å². The molecular formula is C20H24N4O4S. The third-order valence-electron chi connectivity index (χ3n) is 5.35. The molecule has 1 saturated heterocycles. The molecular weight excluding hydrogens is 392 g/mol. The third kappa shape index (κ3) is 4.67. The molecule has 0 bridgehead atoms. The number of rotatable bonds is 5. The first-order valence-electron chi connectivity index (χ1n) is 9.88. The molecule has 1 aromatic heterocycles. The number of nitrogens with one attached hydrogen (secondary N) is 1. The minimum absolute atomic E-state index is 0.00783. The second-order valence-corrected chi connectivity index (χ2v) is 8.12. The van der Waals surface area contributed by atoms with E-state index in [-0.39, 0.29) is 11.8 Å². The van der Waals surface area contributed by atoms with E-state index in [4.69, 9.17) is 9.47 Å². The monoisotopic (exact) mass is 416 g/mol. The summed E-state index contributed by atoms with van der Waals surface area (Å²) < 4.78 is 14.9. The number of ether oxygens (including phenoxy) is 2. The molecule has 1 fully saturated rings. The van der Waals surface area contributed by atoms with E-state index in [2.05, 4.69) is 14.9 Å². The van der Waals surface area contributed by atoms with Gasteiger partial charge in [0.15, 0.2) is 11.5 Å². The number of likely N-dealkylation sites (tertiary alicyclic amines) is 1. The molecule has 9 heteroatoms. The van der Waals surface area contributed by atoms with E-state index in [1.165, 1.54) is 0 Å². The lowest BCUT2D eigenvalue weighted by atomic mass is 9.92. The van der Waals surface area contributed by atoms with Gasteiger partial charge in [-0.25, -0.2) is 0 Å². The molecule has 1 N–H and O–H groups in total. The maximum Gasteiger partial charge on any atom is 0.267 e. The Hall–Kier alpha value is -2.68. The first kappa shape index (κ1) is 19.6. The minimum atomic E-state index is -0.00783. The average Bonchev–Trinajstić information content (AvgIpc) is 3.18. The van der Waals surface area contributed by atoms with Crippen LogP contribution < -0.4 is 14.8 Å². The summed E-state index contributed by atoms with van der Waals surface area (Å²) >= 11 is 1.15. The first-order chi connectivity index (χ1) is 14.1. The Kier molecular flexibility index (Phi) is 5.94. The Labute approximate surface area is 173 Å². The van der Waals surface area contributed by atoms with Gasteiger partial charge in [-0.15, -0.1) is 5.10 Å². The Morgan fingerprint density at radius 2 is 1.97 bits per heavy atom. The number of nitrogens with zero attached hydrogens (tertiary/aromatic N) is 3. The van der Waals surface area contributed by atoms with Crippen molar-refractivity contribution in [2.24, 2.45) is 5.92 Å². The van der Waals surface area contributed by atoms with E-state index in [1.54, 1.807) is 6.07 Å². The number of aryl methyl sites for hydroxylation is 1. The van der Waals surface area contributed by atoms with Crippen LogP contribution in [0.4, 0.5) is 5.69 Å². The van der Waals surface area contributed by atoms with Crippen LogP contribution in [0.3, 0.4) is 0 Å². The quantitative estimate of drug-likeness (QED) is 0.806. The Morgan fingerprint density at radius 1 is 1.21 bits per heavy atom. The summed E-state index contributed by atoms with van der Waals surface area (Å²) in [5.74, 6) is 1.84. The molecule has 2 aliphatic heterocycles. The summed E-state index contributed by atoms with van der Waals surface area (Å²) in [6.45, 7) is 4.30. The van der Waals surface area contributed by atoms with E-state index >= 15 is 0 Å². The fraction of sp³-hybridized carbons (Fsp3) is 0.500. The molecule has 3 heterocycles. The normalized spacial score (nSPS) is 16.5. The molecule has 1 aromatic carbocycles. The van der Waals surface area contributed by atoms with Gasteiger partial charge in [0.1, 0.15) is 18.1 Å². The number of fused-ring (bicyclic) bond motifs is 1. The Morgan fingerprint density at radius 3 is 2.69 bits per heavy atom. The summed E-state index contributed by atoms with van der Waals surface area (Å²) in [6.07, 6.45) is 3.10. The summed E-state index contributed by atoms with van der Waals surface area (Å²) in [7, 11) is 0. The molecule has 2 amide bonds. The highest BCUT2D eigenvalue weighted by Crippen LogP contribution is 2.32. The summed E-state index contributed by atoms with van der Waals surface area (Å²) in [5, 5.41) is 6.85. The van der Waals surface area contributed by atoms with Crippen molar-refractivity contribution in [1.82, 2.24) is 14.5 Å². The molecule has 8 nitrogen and oxygen atoms in total. The van der Waals surface area contributed by atoms with Crippen molar-refractivity contribution in [2.75, 3.05) is 31.6 Å². The second-order valence-electron chi connectivity index (χ2n) is 7.37. The van der Waals surface area contributed by atoms with Gasteiger partial charge in [0.2, 0.25) is 5.91 Å². The van der Waals surface area contributed by atoms with E-state index < -0.39 is 0 Å². The van der Waals surface area contributed by atoms with E-state index in [0.717, 1.165) is 30.8 Å². The zero-order chi connectivity index (χ0) is 20.2. The van der Waals surface area contributed by atoms with Gasteiger partial charge in [-0.05, 0) is 55.8 Å². The van der Waals surface area contributed by atoms with Crippen LogP contribution >= 0.6 is 11.5 Å². The number of anilines is 1. The lowest BCUT2D eigenvalue weighted by molar-refractivity contribution is -0.116. The fourth-order valence-corrected chi connectivity index (χ4v) is 4.30. The fourth-order valence-electron chi connectivity index (χ4n) is 3.68. The number of piperidine rings is 1. The Bertz CT molecular complexity index is 892. The first-order valence-corrected chi connectivity index (χ1v) is 10.6. The molecule has 2 aliphatic rings. The van der Waals surface area contributed by atoms with Crippen LogP contribution in [0.15, 0.2) is 18.2 Å². The van der Waals surface area contributed by atoms with Crippen LogP contribution in [0.2, 0.25) is 0 Å². The van der Waals surface area contributed by atoms with Crippen molar-refractivity contribution in [2.45, 2.75) is 32.6 Å². The van der Waals surface area contributed by atoms with Gasteiger partial charge in [0, 0.05) is 31.3 Å². The van der Waals surface area contributed by atoms with Gasteiger partial charge in [0.25, 0.3) is 5.91 Å². The molecule has 0 aliphatic carbocycles. The molecule has 154 valence electrons. The van der Waals surface area contributed by atoms with Gasteiger partial charge >= 0.3 is 0 Å². The van der Waals surface area contributed by atoms with Gasteiger partial charge in [0.05, 0.1) is 5.69 Å². The van der Waals surface area contributed by atoms with Crippen molar-refractivity contribution in [3.05, 3.63) is 28.8 Å². The number of aromatic nitrogens is 2. The second kappa shape index (κ2) is 8.77. The van der Waals surface area contributed by atoms with Gasteiger partial charge in [-0.1, -0.05) is 4.49 Å².